The molecule has 188 valence electrons. The number of fused-ring (bicyclic) bond motifs is 1. The predicted molar refractivity (Wildman–Crippen MR) is 140 cm³/mol. The van der Waals surface area contributed by atoms with E-state index in [9.17, 15) is 13.2 Å². The average molecular weight is 542 g/mol. The summed E-state index contributed by atoms with van der Waals surface area (Å²) in [5.74, 6) is 0.511. The zero-order valence-electron chi connectivity index (χ0n) is 19.8. The molecule has 0 fully saturated rings. The molecule has 0 aliphatic heterocycles. The molecular weight excluding hydrogens is 522 g/mol. The number of aryl methyl sites for hydroxylation is 2. The van der Waals surface area contributed by atoms with Gasteiger partial charge in [0.2, 0.25) is 0 Å². The third-order valence-corrected chi connectivity index (χ3v) is 6.70. The first-order valence-electron chi connectivity index (χ1n) is 11.3. The maximum absolute atomic E-state index is 14.1. The van der Waals surface area contributed by atoms with Gasteiger partial charge < -0.3 is 4.74 Å². The number of benzene rings is 3. The Morgan fingerprint density at radius 2 is 1.54 bits per heavy atom. The predicted octanol–water partition coefficient (Wildman–Crippen LogP) is 8.61. The molecule has 0 radical (unpaired) electrons. The molecule has 0 amide bonds. The molecule has 2 heterocycles. The molecule has 9 heteroatoms. The molecule has 0 bridgehead atoms. The van der Waals surface area contributed by atoms with Crippen LogP contribution < -0.4 is 4.74 Å². The number of rotatable bonds is 5. The highest BCUT2D eigenvalue weighted by Gasteiger charge is 2.35. The van der Waals surface area contributed by atoms with Crippen molar-refractivity contribution in [3.63, 3.8) is 0 Å². The SMILES string of the molecule is Cc1ccc(-n2nc(C)c3c(C(F)(F)F)cc(-c4ccc(OCc5c(Cl)cccc5Cl)cc4)nc32)cc1. The van der Waals surface area contributed by atoms with Gasteiger partial charge in [-0.2, -0.15) is 18.3 Å². The minimum atomic E-state index is -4.58. The summed E-state index contributed by atoms with van der Waals surface area (Å²) in [4.78, 5) is 4.61. The Balaban J connectivity index is 1.54. The van der Waals surface area contributed by atoms with Crippen molar-refractivity contribution >= 4 is 34.2 Å². The van der Waals surface area contributed by atoms with Crippen LogP contribution in [-0.2, 0) is 12.8 Å². The molecule has 4 nitrogen and oxygen atoms in total. The van der Waals surface area contributed by atoms with E-state index in [0.29, 0.717) is 32.6 Å². The maximum atomic E-state index is 14.1. The van der Waals surface area contributed by atoms with Gasteiger partial charge in [0.15, 0.2) is 5.65 Å². The lowest BCUT2D eigenvalue weighted by Crippen LogP contribution is -2.08. The first kappa shape index (κ1) is 25.1. The van der Waals surface area contributed by atoms with Gasteiger partial charge in [-0.05, 0) is 68.4 Å². The molecule has 2 aromatic heterocycles. The zero-order valence-corrected chi connectivity index (χ0v) is 21.3. The lowest BCUT2D eigenvalue weighted by molar-refractivity contribution is -0.136. The van der Waals surface area contributed by atoms with Crippen LogP contribution in [-0.4, -0.2) is 14.8 Å². The standard InChI is InChI=1S/C28H20Cl2F3N3O/c1-16-6-10-19(11-7-16)36-27-26(17(2)35-36)22(28(31,32)33)14-25(34-27)18-8-12-20(13-9-18)37-15-21-23(29)4-3-5-24(21)30/h3-14H,15H2,1-2H3. The molecule has 0 saturated heterocycles. The number of nitrogens with zero attached hydrogens (tertiary/aromatic N) is 3. The summed E-state index contributed by atoms with van der Waals surface area (Å²) in [6.07, 6.45) is -4.58. The first-order chi connectivity index (χ1) is 17.6. The monoisotopic (exact) mass is 541 g/mol. The lowest BCUT2D eigenvalue weighted by Gasteiger charge is -2.13. The van der Waals surface area contributed by atoms with Crippen LogP contribution in [0.4, 0.5) is 13.2 Å². The first-order valence-corrected chi connectivity index (χ1v) is 12.1. The third kappa shape index (κ3) is 5.02. The number of pyridine rings is 1. The molecule has 5 rings (SSSR count). The average Bonchev–Trinajstić information content (AvgIpc) is 3.19. The van der Waals surface area contributed by atoms with Crippen LogP contribution >= 0.6 is 23.2 Å². The highest BCUT2D eigenvalue weighted by Crippen LogP contribution is 2.39. The summed E-state index contributed by atoms with van der Waals surface area (Å²) in [7, 11) is 0. The van der Waals surface area contributed by atoms with Crippen LogP contribution in [0.3, 0.4) is 0 Å². The molecule has 0 saturated carbocycles. The van der Waals surface area contributed by atoms with Gasteiger partial charge in [0, 0.05) is 21.2 Å². The number of halogens is 5. The van der Waals surface area contributed by atoms with E-state index in [2.05, 4.69) is 10.1 Å². The van der Waals surface area contributed by atoms with Gasteiger partial charge in [-0.1, -0.05) is 47.0 Å². The topological polar surface area (TPSA) is 39.9 Å². The second-order valence-corrected chi connectivity index (χ2v) is 9.41. The zero-order chi connectivity index (χ0) is 26.3. The van der Waals surface area contributed by atoms with Crippen molar-refractivity contribution in [2.75, 3.05) is 0 Å². The van der Waals surface area contributed by atoms with Crippen LogP contribution in [0.15, 0.2) is 72.8 Å². The number of alkyl halides is 3. The van der Waals surface area contributed by atoms with Crippen molar-refractivity contribution in [3.05, 3.63) is 105 Å². The molecule has 3 aromatic carbocycles. The van der Waals surface area contributed by atoms with E-state index in [1.54, 1.807) is 61.5 Å². The summed E-state index contributed by atoms with van der Waals surface area (Å²) in [5.41, 5.74) is 2.60. The maximum Gasteiger partial charge on any atom is 0.417 e. The fraction of sp³-hybridized carbons (Fsp3) is 0.143. The molecule has 37 heavy (non-hydrogen) atoms. The fourth-order valence-electron chi connectivity index (χ4n) is 4.07. The Morgan fingerprint density at radius 1 is 0.892 bits per heavy atom. The number of hydrogen-bond donors (Lipinski definition) is 0. The molecule has 5 aromatic rings. The van der Waals surface area contributed by atoms with E-state index in [0.717, 1.165) is 11.6 Å². The molecule has 0 unspecified atom stereocenters. The van der Waals surface area contributed by atoms with Crippen LogP contribution in [0.25, 0.3) is 28.0 Å². The lowest BCUT2D eigenvalue weighted by atomic mass is 10.0. The minimum Gasteiger partial charge on any atom is -0.489 e. The Kier molecular flexibility index (Phi) is 6.60. The highest BCUT2D eigenvalue weighted by atomic mass is 35.5. The van der Waals surface area contributed by atoms with Gasteiger partial charge in [-0.25, -0.2) is 9.67 Å². The largest absolute Gasteiger partial charge is 0.489 e. The van der Waals surface area contributed by atoms with Crippen molar-refractivity contribution in [2.24, 2.45) is 0 Å². The minimum absolute atomic E-state index is 0.0200. The van der Waals surface area contributed by atoms with E-state index in [1.807, 2.05) is 19.1 Å². The summed E-state index contributed by atoms with van der Waals surface area (Å²) < 4.78 is 49.7. The van der Waals surface area contributed by atoms with E-state index < -0.39 is 11.7 Å². The summed E-state index contributed by atoms with van der Waals surface area (Å²) in [6.45, 7) is 3.64. The molecule has 0 spiro atoms. The van der Waals surface area contributed by atoms with E-state index >= 15 is 0 Å². The Labute approximate surface area is 221 Å². The van der Waals surface area contributed by atoms with E-state index in [-0.39, 0.29) is 29.0 Å². The van der Waals surface area contributed by atoms with Crippen LogP contribution in [0, 0.1) is 13.8 Å². The smallest absolute Gasteiger partial charge is 0.417 e. The normalized spacial score (nSPS) is 11.8. The van der Waals surface area contributed by atoms with Crippen LogP contribution in [0.5, 0.6) is 5.75 Å². The van der Waals surface area contributed by atoms with Crippen molar-refractivity contribution < 1.29 is 17.9 Å². The summed E-state index contributed by atoms with van der Waals surface area (Å²) >= 11 is 12.4. The van der Waals surface area contributed by atoms with E-state index in [1.165, 1.54) is 4.68 Å². The third-order valence-electron chi connectivity index (χ3n) is 5.99. The second-order valence-electron chi connectivity index (χ2n) is 8.60. The quantitative estimate of drug-likeness (QED) is 0.223. The molecule has 0 atom stereocenters. The highest BCUT2D eigenvalue weighted by molar-refractivity contribution is 6.35. The number of hydrogen-bond acceptors (Lipinski definition) is 3. The van der Waals surface area contributed by atoms with Crippen molar-refractivity contribution in [1.82, 2.24) is 14.8 Å². The summed E-state index contributed by atoms with van der Waals surface area (Å²) in [6, 6.07) is 20.3. The summed E-state index contributed by atoms with van der Waals surface area (Å²) in [5, 5.41) is 5.35. The van der Waals surface area contributed by atoms with E-state index in [4.69, 9.17) is 27.9 Å². The van der Waals surface area contributed by atoms with Crippen LogP contribution in [0.2, 0.25) is 10.0 Å². The van der Waals surface area contributed by atoms with Crippen LogP contribution in [0.1, 0.15) is 22.4 Å². The van der Waals surface area contributed by atoms with Gasteiger partial charge in [0.25, 0.3) is 0 Å². The Morgan fingerprint density at radius 3 is 2.16 bits per heavy atom. The fourth-order valence-corrected chi connectivity index (χ4v) is 4.58. The molecule has 0 N–H and O–H groups in total. The second kappa shape index (κ2) is 9.72. The molecule has 0 aliphatic carbocycles. The Bertz CT molecular complexity index is 1570. The molecule has 0 aliphatic rings. The van der Waals surface area contributed by atoms with Gasteiger partial charge in [-0.15, -0.1) is 0 Å². The van der Waals surface area contributed by atoms with Crippen molar-refractivity contribution in [2.45, 2.75) is 26.6 Å². The number of ether oxygens (including phenoxy) is 1. The van der Waals surface area contributed by atoms with Gasteiger partial charge in [0.1, 0.15) is 12.4 Å². The number of aromatic nitrogens is 3. The van der Waals surface area contributed by atoms with Gasteiger partial charge >= 0.3 is 6.18 Å². The van der Waals surface area contributed by atoms with Gasteiger partial charge in [0.05, 0.1) is 28.0 Å². The van der Waals surface area contributed by atoms with Crippen molar-refractivity contribution in [1.29, 1.82) is 0 Å². The Hall–Kier alpha value is -3.55. The van der Waals surface area contributed by atoms with Gasteiger partial charge in [-0.3, -0.25) is 0 Å². The molecular formula is C28H20Cl2F3N3O. The van der Waals surface area contributed by atoms with Crippen molar-refractivity contribution in [3.8, 4) is 22.7 Å².